The van der Waals surface area contributed by atoms with E-state index in [0.717, 1.165) is 13.0 Å². The lowest BCUT2D eigenvalue weighted by atomic mass is 9.87. The maximum Gasteiger partial charge on any atom is 0.227 e. The number of sulfone groups is 1. The summed E-state index contributed by atoms with van der Waals surface area (Å²) in [7, 11) is -3.11. The lowest BCUT2D eigenvalue weighted by Crippen LogP contribution is -2.45. The predicted octanol–water partition coefficient (Wildman–Crippen LogP) is 1.80. The highest BCUT2D eigenvalue weighted by molar-refractivity contribution is 7.92. The Labute approximate surface area is 149 Å². The maximum atomic E-state index is 12.7. The number of pyridine rings is 1. The number of aromatic nitrogens is 1. The van der Waals surface area contributed by atoms with Gasteiger partial charge in [0.15, 0.2) is 9.84 Å². The summed E-state index contributed by atoms with van der Waals surface area (Å²) < 4.78 is 25.0. The molecule has 2 saturated heterocycles. The number of amides is 1. The van der Waals surface area contributed by atoms with Gasteiger partial charge in [0.05, 0.1) is 22.9 Å². The number of nitrogens with one attached hydrogen (secondary N) is 1. The molecule has 1 aromatic heterocycles. The second kappa shape index (κ2) is 7.41. The third-order valence-corrected chi connectivity index (χ3v) is 7.59. The molecule has 0 unspecified atom stereocenters. The van der Waals surface area contributed by atoms with Crippen LogP contribution >= 0.6 is 0 Å². The SMILES string of the molecule is CC(C)CCN1C[C@H]2[C@@H](C(=O)Nc3cccnc3)CCS(=O)(=O)[C@H]2C1. The largest absolute Gasteiger partial charge is 0.324 e. The van der Waals surface area contributed by atoms with Gasteiger partial charge in [0.2, 0.25) is 5.91 Å². The normalized spacial score (nSPS) is 28.7. The zero-order valence-corrected chi connectivity index (χ0v) is 15.7. The summed E-state index contributed by atoms with van der Waals surface area (Å²) in [5, 5.41) is 2.50. The van der Waals surface area contributed by atoms with Gasteiger partial charge < -0.3 is 10.2 Å². The first-order chi connectivity index (χ1) is 11.9. The molecular weight excluding hydrogens is 338 g/mol. The average molecular weight is 365 g/mol. The summed E-state index contributed by atoms with van der Waals surface area (Å²) in [4.78, 5) is 19.0. The van der Waals surface area contributed by atoms with E-state index in [1.165, 1.54) is 0 Å². The van der Waals surface area contributed by atoms with Crippen molar-refractivity contribution < 1.29 is 13.2 Å². The Hall–Kier alpha value is -1.47. The van der Waals surface area contributed by atoms with E-state index >= 15 is 0 Å². The number of hydrogen-bond acceptors (Lipinski definition) is 5. The van der Waals surface area contributed by atoms with Crippen LogP contribution in [0.5, 0.6) is 0 Å². The molecule has 0 spiro atoms. The highest BCUT2D eigenvalue weighted by Gasteiger charge is 2.50. The van der Waals surface area contributed by atoms with Crippen LogP contribution in [0.15, 0.2) is 24.5 Å². The predicted molar refractivity (Wildman–Crippen MR) is 97.9 cm³/mol. The fraction of sp³-hybridized carbons (Fsp3) is 0.667. The van der Waals surface area contributed by atoms with Crippen LogP contribution in [0.25, 0.3) is 0 Å². The van der Waals surface area contributed by atoms with Crippen molar-refractivity contribution in [2.45, 2.75) is 31.9 Å². The maximum absolute atomic E-state index is 12.7. The number of carbonyl (C=O) groups is 1. The monoisotopic (exact) mass is 365 g/mol. The van der Waals surface area contributed by atoms with Crippen molar-refractivity contribution in [2.24, 2.45) is 17.8 Å². The van der Waals surface area contributed by atoms with Crippen molar-refractivity contribution in [1.82, 2.24) is 9.88 Å². The number of rotatable bonds is 5. The molecule has 1 amide bonds. The Morgan fingerprint density at radius 1 is 1.40 bits per heavy atom. The van der Waals surface area contributed by atoms with Gasteiger partial charge in [0.1, 0.15) is 0 Å². The molecule has 3 heterocycles. The molecule has 2 aliphatic heterocycles. The van der Waals surface area contributed by atoms with E-state index in [2.05, 4.69) is 29.0 Å². The van der Waals surface area contributed by atoms with Crippen molar-refractivity contribution in [2.75, 3.05) is 30.7 Å². The fourth-order valence-electron chi connectivity index (χ4n) is 3.92. The summed E-state index contributed by atoms with van der Waals surface area (Å²) in [5.74, 6) is 0.255. The molecular formula is C18H27N3O3S. The van der Waals surface area contributed by atoms with Crippen LogP contribution < -0.4 is 5.32 Å². The summed E-state index contributed by atoms with van der Waals surface area (Å²) in [6, 6.07) is 3.57. The van der Waals surface area contributed by atoms with E-state index < -0.39 is 15.1 Å². The smallest absolute Gasteiger partial charge is 0.227 e. The minimum absolute atomic E-state index is 0.0800. The lowest BCUT2D eigenvalue weighted by molar-refractivity contribution is -0.121. The molecule has 2 fully saturated rings. The molecule has 1 aromatic rings. The number of nitrogens with zero attached hydrogens (tertiary/aromatic N) is 2. The van der Waals surface area contributed by atoms with Crippen LogP contribution in [0, 0.1) is 17.8 Å². The second-order valence-electron chi connectivity index (χ2n) is 7.64. The van der Waals surface area contributed by atoms with Crippen LogP contribution in [0.3, 0.4) is 0 Å². The quantitative estimate of drug-likeness (QED) is 0.861. The highest BCUT2D eigenvalue weighted by Crippen LogP contribution is 2.37. The molecule has 0 aromatic carbocycles. The highest BCUT2D eigenvalue weighted by atomic mass is 32.2. The van der Waals surface area contributed by atoms with Crippen LogP contribution in [0.1, 0.15) is 26.7 Å². The number of carbonyl (C=O) groups excluding carboxylic acids is 1. The zero-order chi connectivity index (χ0) is 18.0. The molecule has 0 saturated carbocycles. The van der Waals surface area contributed by atoms with Crippen LogP contribution in [0.2, 0.25) is 0 Å². The Kier molecular flexibility index (Phi) is 5.43. The van der Waals surface area contributed by atoms with Crippen molar-refractivity contribution in [3.63, 3.8) is 0 Å². The summed E-state index contributed by atoms with van der Waals surface area (Å²) in [6.45, 7) is 6.50. The number of likely N-dealkylation sites (tertiary alicyclic amines) is 1. The van der Waals surface area contributed by atoms with Crippen molar-refractivity contribution in [3.8, 4) is 0 Å². The van der Waals surface area contributed by atoms with Gasteiger partial charge in [-0.05, 0) is 37.4 Å². The van der Waals surface area contributed by atoms with E-state index in [4.69, 9.17) is 0 Å². The topological polar surface area (TPSA) is 79.4 Å². The first-order valence-corrected chi connectivity index (χ1v) is 10.7. The van der Waals surface area contributed by atoms with Crippen LogP contribution in [0.4, 0.5) is 5.69 Å². The van der Waals surface area contributed by atoms with Gasteiger partial charge >= 0.3 is 0 Å². The standard InChI is InChI=1S/C18H27N3O3S/c1-13(2)5-8-21-11-16-15(6-9-25(23,24)17(16)12-21)18(22)20-14-4-3-7-19-10-14/h3-4,7,10,13,15-17H,5-6,8-9,11-12H2,1-2H3,(H,20,22)/t15-,16-,17-/m0/s1. The second-order valence-corrected chi connectivity index (χ2v) is 9.98. The first kappa shape index (κ1) is 18.3. The number of fused-ring (bicyclic) bond motifs is 1. The van der Waals surface area contributed by atoms with Gasteiger partial charge in [-0.2, -0.15) is 0 Å². The first-order valence-electron chi connectivity index (χ1n) is 9.01. The van der Waals surface area contributed by atoms with Gasteiger partial charge in [0, 0.05) is 31.1 Å². The Morgan fingerprint density at radius 3 is 2.88 bits per heavy atom. The van der Waals surface area contributed by atoms with Crippen molar-refractivity contribution in [3.05, 3.63) is 24.5 Å². The summed E-state index contributed by atoms with van der Waals surface area (Å²) >= 11 is 0. The van der Waals surface area contributed by atoms with Crippen molar-refractivity contribution >= 4 is 21.4 Å². The van der Waals surface area contributed by atoms with E-state index in [-0.39, 0.29) is 23.5 Å². The Bertz CT molecular complexity index is 706. The minimum atomic E-state index is -3.11. The van der Waals surface area contributed by atoms with Gasteiger partial charge in [-0.3, -0.25) is 9.78 Å². The van der Waals surface area contributed by atoms with E-state index in [1.807, 2.05) is 0 Å². The van der Waals surface area contributed by atoms with Gasteiger partial charge in [0.25, 0.3) is 0 Å². The van der Waals surface area contributed by atoms with Gasteiger partial charge in [-0.25, -0.2) is 8.42 Å². The third-order valence-electron chi connectivity index (χ3n) is 5.36. The van der Waals surface area contributed by atoms with E-state index in [9.17, 15) is 13.2 Å². The Morgan fingerprint density at radius 2 is 2.20 bits per heavy atom. The molecule has 0 aliphatic carbocycles. The van der Waals surface area contributed by atoms with Crippen molar-refractivity contribution in [1.29, 1.82) is 0 Å². The number of hydrogen-bond donors (Lipinski definition) is 1. The molecule has 25 heavy (non-hydrogen) atoms. The molecule has 0 radical (unpaired) electrons. The third kappa shape index (κ3) is 4.20. The molecule has 138 valence electrons. The molecule has 0 bridgehead atoms. The van der Waals surface area contributed by atoms with Crippen LogP contribution in [-0.2, 0) is 14.6 Å². The molecule has 6 nitrogen and oxygen atoms in total. The van der Waals surface area contributed by atoms with Crippen LogP contribution in [-0.4, -0.2) is 54.8 Å². The molecule has 3 rings (SSSR count). The summed E-state index contributed by atoms with van der Waals surface area (Å²) in [6.07, 6.45) is 4.72. The van der Waals surface area contributed by atoms with Gasteiger partial charge in [-0.15, -0.1) is 0 Å². The minimum Gasteiger partial charge on any atom is -0.324 e. The molecule has 7 heteroatoms. The number of anilines is 1. The average Bonchev–Trinajstić information content (AvgIpc) is 2.99. The molecule has 3 atom stereocenters. The fourth-order valence-corrected chi connectivity index (χ4v) is 6.06. The lowest BCUT2D eigenvalue weighted by Gasteiger charge is -2.31. The Balaban J connectivity index is 1.72. The van der Waals surface area contributed by atoms with Gasteiger partial charge in [-0.1, -0.05) is 13.8 Å². The zero-order valence-electron chi connectivity index (χ0n) is 14.9. The van der Waals surface area contributed by atoms with E-state index in [0.29, 0.717) is 31.1 Å². The summed E-state index contributed by atoms with van der Waals surface area (Å²) in [5.41, 5.74) is 0.659. The molecule has 2 aliphatic rings. The molecule has 1 N–H and O–H groups in total. The van der Waals surface area contributed by atoms with E-state index in [1.54, 1.807) is 24.5 Å².